The molecule has 0 saturated carbocycles. The van der Waals surface area contributed by atoms with E-state index in [0.717, 1.165) is 0 Å². The first-order chi connectivity index (χ1) is 4.04. The van der Waals surface area contributed by atoms with Crippen molar-refractivity contribution >= 4 is 38.2 Å². The third kappa shape index (κ3) is 2.67. The number of hydrogen-bond acceptors (Lipinski definition) is 2. The van der Waals surface area contributed by atoms with Gasteiger partial charge in [0.2, 0.25) is 0 Å². The van der Waals surface area contributed by atoms with E-state index >= 15 is 0 Å². The van der Waals surface area contributed by atoms with Gasteiger partial charge in [0.05, 0.1) is 0 Å². The standard InChI is InChI=1S/C5H8Br2O2/c1-3-5(2,6)4(8)9-7/h3H2,1-2H3. The molecule has 0 saturated heterocycles. The zero-order chi connectivity index (χ0) is 7.49. The highest BCUT2D eigenvalue weighted by Crippen LogP contribution is 2.23. The predicted molar refractivity (Wildman–Crippen MR) is 42.6 cm³/mol. The van der Waals surface area contributed by atoms with Crippen LogP contribution in [0.4, 0.5) is 0 Å². The van der Waals surface area contributed by atoms with Crippen LogP contribution in [-0.2, 0) is 8.62 Å². The van der Waals surface area contributed by atoms with Crippen molar-refractivity contribution in [2.75, 3.05) is 0 Å². The Balaban J connectivity index is 3.97. The van der Waals surface area contributed by atoms with Crippen LogP contribution in [0.2, 0.25) is 0 Å². The molecule has 0 spiro atoms. The summed E-state index contributed by atoms with van der Waals surface area (Å²) in [4.78, 5) is 10.7. The van der Waals surface area contributed by atoms with E-state index in [1.165, 1.54) is 0 Å². The van der Waals surface area contributed by atoms with Gasteiger partial charge in [0.1, 0.15) is 4.32 Å². The summed E-state index contributed by atoms with van der Waals surface area (Å²) in [6, 6.07) is 0. The average Bonchev–Trinajstić information content (AvgIpc) is 1.86. The second kappa shape index (κ2) is 3.56. The van der Waals surface area contributed by atoms with Gasteiger partial charge < -0.3 is 3.83 Å². The smallest absolute Gasteiger partial charge is 0.334 e. The maximum Gasteiger partial charge on any atom is 0.334 e. The van der Waals surface area contributed by atoms with Gasteiger partial charge in [-0.05, 0) is 13.3 Å². The fraction of sp³-hybridized carbons (Fsp3) is 0.800. The minimum Gasteiger partial charge on any atom is -0.383 e. The molecule has 9 heavy (non-hydrogen) atoms. The fourth-order valence-corrected chi connectivity index (χ4v) is 0.880. The second-order valence-corrected chi connectivity index (χ2v) is 3.99. The van der Waals surface area contributed by atoms with Gasteiger partial charge in [-0.2, -0.15) is 0 Å². The molecular formula is C5H8Br2O2. The van der Waals surface area contributed by atoms with Gasteiger partial charge in [0.25, 0.3) is 0 Å². The van der Waals surface area contributed by atoms with Gasteiger partial charge in [-0.15, -0.1) is 0 Å². The highest BCUT2D eigenvalue weighted by Gasteiger charge is 2.28. The van der Waals surface area contributed by atoms with Gasteiger partial charge in [0.15, 0.2) is 16.3 Å². The van der Waals surface area contributed by atoms with Crippen LogP contribution in [0.15, 0.2) is 0 Å². The number of alkyl halides is 1. The second-order valence-electron chi connectivity index (χ2n) is 1.92. The Morgan fingerprint density at radius 2 is 2.22 bits per heavy atom. The Morgan fingerprint density at radius 3 is 2.33 bits per heavy atom. The van der Waals surface area contributed by atoms with E-state index in [9.17, 15) is 4.79 Å². The molecule has 0 amide bonds. The topological polar surface area (TPSA) is 26.3 Å². The summed E-state index contributed by atoms with van der Waals surface area (Å²) >= 11 is 5.81. The van der Waals surface area contributed by atoms with Crippen LogP contribution in [0.3, 0.4) is 0 Å². The number of rotatable bonds is 2. The van der Waals surface area contributed by atoms with Crippen molar-refractivity contribution in [3.8, 4) is 0 Å². The Kier molecular flexibility index (Phi) is 3.73. The third-order valence-corrected chi connectivity index (χ3v) is 2.34. The Labute approximate surface area is 71.5 Å². The zero-order valence-electron chi connectivity index (χ0n) is 5.28. The first-order valence-corrected chi connectivity index (χ1v) is 4.00. The summed E-state index contributed by atoms with van der Waals surface area (Å²) in [7, 11) is 0. The normalized spacial score (nSPS) is 16.4. The lowest BCUT2D eigenvalue weighted by Gasteiger charge is -2.14. The van der Waals surface area contributed by atoms with E-state index in [-0.39, 0.29) is 5.97 Å². The SMILES string of the molecule is CCC(C)(Br)C(=O)OBr. The van der Waals surface area contributed by atoms with E-state index in [4.69, 9.17) is 0 Å². The zero-order valence-corrected chi connectivity index (χ0v) is 8.45. The maximum atomic E-state index is 10.7. The molecule has 0 heterocycles. The molecule has 0 aliphatic heterocycles. The third-order valence-electron chi connectivity index (χ3n) is 1.16. The summed E-state index contributed by atoms with van der Waals surface area (Å²) in [5.41, 5.74) is 0. The number of carbonyl (C=O) groups is 1. The van der Waals surface area contributed by atoms with Crippen LogP contribution in [0.1, 0.15) is 20.3 Å². The first-order valence-electron chi connectivity index (χ1n) is 2.56. The highest BCUT2D eigenvalue weighted by atomic mass is 79.9. The van der Waals surface area contributed by atoms with E-state index in [0.29, 0.717) is 6.42 Å². The van der Waals surface area contributed by atoms with Crippen LogP contribution in [-0.4, -0.2) is 10.3 Å². The van der Waals surface area contributed by atoms with E-state index in [1.807, 2.05) is 6.92 Å². The predicted octanol–water partition coefficient (Wildman–Crippen LogP) is 2.40. The monoisotopic (exact) mass is 258 g/mol. The Morgan fingerprint density at radius 1 is 1.78 bits per heavy atom. The quantitative estimate of drug-likeness (QED) is 0.712. The van der Waals surface area contributed by atoms with Crippen molar-refractivity contribution in [2.24, 2.45) is 0 Å². The minimum atomic E-state index is -0.545. The van der Waals surface area contributed by atoms with E-state index in [2.05, 4.69) is 36.0 Å². The molecule has 0 bridgehead atoms. The van der Waals surface area contributed by atoms with Crippen LogP contribution in [0, 0.1) is 0 Å². The van der Waals surface area contributed by atoms with Crippen LogP contribution in [0.5, 0.6) is 0 Å². The summed E-state index contributed by atoms with van der Waals surface area (Å²) in [6.07, 6.45) is 0.706. The van der Waals surface area contributed by atoms with Gasteiger partial charge in [-0.1, -0.05) is 22.9 Å². The van der Waals surface area contributed by atoms with Gasteiger partial charge in [-0.3, -0.25) is 0 Å². The molecule has 0 radical (unpaired) electrons. The van der Waals surface area contributed by atoms with Crippen molar-refractivity contribution in [3.05, 3.63) is 0 Å². The van der Waals surface area contributed by atoms with Crippen molar-refractivity contribution < 1.29 is 8.62 Å². The average molecular weight is 260 g/mol. The molecular weight excluding hydrogens is 252 g/mol. The molecule has 0 aromatic heterocycles. The van der Waals surface area contributed by atoms with Crippen LogP contribution >= 0.6 is 32.2 Å². The maximum absolute atomic E-state index is 10.7. The van der Waals surface area contributed by atoms with Gasteiger partial charge in [0, 0.05) is 0 Å². The van der Waals surface area contributed by atoms with Gasteiger partial charge >= 0.3 is 5.97 Å². The molecule has 0 N–H and O–H groups in total. The Hall–Kier alpha value is 0.430. The summed E-state index contributed by atoms with van der Waals surface area (Å²) < 4.78 is 3.79. The lowest BCUT2D eigenvalue weighted by atomic mass is 10.1. The largest absolute Gasteiger partial charge is 0.383 e. The fourth-order valence-electron chi connectivity index (χ4n) is 0.225. The molecule has 0 aromatic rings. The van der Waals surface area contributed by atoms with E-state index < -0.39 is 4.32 Å². The van der Waals surface area contributed by atoms with Crippen LogP contribution < -0.4 is 0 Å². The van der Waals surface area contributed by atoms with E-state index in [1.54, 1.807) is 6.92 Å². The molecule has 1 unspecified atom stereocenters. The molecule has 0 aromatic carbocycles. The van der Waals surface area contributed by atoms with Crippen molar-refractivity contribution in [2.45, 2.75) is 24.6 Å². The summed E-state index contributed by atoms with van der Waals surface area (Å²) in [5, 5.41) is 0. The molecule has 0 aliphatic rings. The first kappa shape index (κ1) is 9.43. The van der Waals surface area contributed by atoms with Crippen molar-refractivity contribution in [1.29, 1.82) is 0 Å². The summed E-state index contributed by atoms with van der Waals surface area (Å²) in [5.74, 6) is -0.301. The molecule has 0 fully saturated rings. The molecule has 1 atom stereocenters. The Bertz CT molecular complexity index is 112. The van der Waals surface area contributed by atoms with Crippen molar-refractivity contribution in [1.82, 2.24) is 0 Å². The minimum absolute atomic E-state index is 0.301. The summed E-state index contributed by atoms with van der Waals surface area (Å²) in [6.45, 7) is 3.66. The number of halogens is 2. The van der Waals surface area contributed by atoms with Crippen LogP contribution in [0.25, 0.3) is 0 Å². The molecule has 2 nitrogen and oxygen atoms in total. The lowest BCUT2D eigenvalue weighted by molar-refractivity contribution is -0.134. The number of hydrogen-bond donors (Lipinski definition) is 0. The highest BCUT2D eigenvalue weighted by molar-refractivity contribution is 9.10. The molecule has 0 aliphatic carbocycles. The lowest BCUT2D eigenvalue weighted by Crippen LogP contribution is -2.26. The molecule has 0 rings (SSSR count). The molecule has 4 heteroatoms. The number of carbonyl (C=O) groups excluding carboxylic acids is 1. The van der Waals surface area contributed by atoms with Gasteiger partial charge in [-0.25, -0.2) is 4.79 Å². The molecule has 54 valence electrons. The van der Waals surface area contributed by atoms with Crippen molar-refractivity contribution in [3.63, 3.8) is 0 Å².